The SMILES string of the molecule is CN(C)CCCOc1ccc2c(c1)Sc1ccccc1CC2=O.[Cl-]. The molecule has 1 aliphatic heterocycles. The lowest BCUT2D eigenvalue weighted by atomic mass is 10.0. The number of Topliss-reactive ketones (excluding diaryl/α,β-unsaturated/α-hetero) is 1. The van der Waals surface area contributed by atoms with Crippen LogP contribution in [0.1, 0.15) is 22.3 Å². The second-order valence-corrected chi connectivity index (χ2v) is 7.06. The number of hydrogen-bond donors (Lipinski definition) is 0. The van der Waals surface area contributed by atoms with Crippen LogP contribution in [0.15, 0.2) is 52.3 Å². The number of hydrogen-bond acceptors (Lipinski definition) is 4. The number of ether oxygens (including phenoxy) is 1. The lowest BCUT2D eigenvalue weighted by Crippen LogP contribution is -3.00. The normalized spacial score (nSPS) is 12.9. The molecule has 0 unspecified atom stereocenters. The quantitative estimate of drug-likeness (QED) is 0.740. The van der Waals surface area contributed by atoms with Crippen LogP contribution in [-0.4, -0.2) is 37.9 Å². The molecule has 0 atom stereocenters. The fourth-order valence-corrected chi connectivity index (χ4v) is 3.74. The molecule has 0 saturated carbocycles. The molecule has 1 heterocycles. The summed E-state index contributed by atoms with van der Waals surface area (Å²) >= 11 is 1.66. The Morgan fingerprint density at radius 3 is 2.71 bits per heavy atom. The Kier molecular flexibility index (Phi) is 6.72. The molecule has 3 rings (SSSR count). The zero-order valence-electron chi connectivity index (χ0n) is 13.9. The summed E-state index contributed by atoms with van der Waals surface area (Å²) < 4.78 is 5.84. The minimum Gasteiger partial charge on any atom is -1.00 e. The van der Waals surface area contributed by atoms with Crippen LogP contribution in [0.4, 0.5) is 0 Å². The third kappa shape index (κ3) is 4.53. The van der Waals surface area contributed by atoms with Crippen LogP contribution in [-0.2, 0) is 6.42 Å². The van der Waals surface area contributed by atoms with Crippen molar-refractivity contribution >= 4 is 17.5 Å². The first kappa shape index (κ1) is 18.8. The molecule has 0 aliphatic carbocycles. The van der Waals surface area contributed by atoms with Crippen LogP contribution in [0, 0.1) is 0 Å². The van der Waals surface area contributed by atoms with Crippen molar-refractivity contribution in [3.63, 3.8) is 0 Å². The molecule has 0 fully saturated rings. The summed E-state index contributed by atoms with van der Waals surface area (Å²) in [4.78, 5) is 16.7. The number of benzene rings is 2. The number of nitrogens with zero attached hydrogens (tertiary/aromatic N) is 1. The lowest BCUT2D eigenvalue weighted by Gasteiger charge is -2.12. The standard InChI is InChI=1S/C19H21NO2S.ClH/c1-20(2)10-5-11-22-15-8-9-16-17(21)12-14-6-3-4-7-18(14)23-19(16)13-15;/h3-4,6-9,13H,5,10-12H2,1-2H3;1H/p-1. The van der Waals surface area contributed by atoms with E-state index in [-0.39, 0.29) is 18.2 Å². The largest absolute Gasteiger partial charge is 1.00 e. The van der Waals surface area contributed by atoms with E-state index in [2.05, 4.69) is 25.1 Å². The number of fused-ring (bicyclic) bond motifs is 2. The third-order valence-electron chi connectivity index (χ3n) is 3.82. The Morgan fingerprint density at radius 2 is 1.92 bits per heavy atom. The van der Waals surface area contributed by atoms with E-state index >= 15 is 0 Å². The van der Waals surface area contributed by atoms with Crippen molar-refractivity contribution in [3.8, 4) is 5.75 Å². The van der Waals surface area contributed by atoms with E-state index in [4.69, 9.17) is 4.74 Å². The molecular formula is C19H21ClNO2S-. The zero-order valence-corrected chi connectivity index (χ0v) is 15.5. The van der Waals surface area contributed by atoms with Crippen molar-refractivity contribution in [2.24, 2.45) is 0 Å². The third-order valence-corrected chi connectivity index (χ3v) is 4.99. The van der Waals surface area contributed by atoms with Crippen LogP contribution >= 0.6 is 11.8 Å². The molecule has 0 bridgehead atoms. The van der Waals surface area contributed by atoms with Crippen molar-refractivity contribution in [3.05, 3.63) is 53.6 Å². The first-order valence-corrected chi connectivity index (χ1v) is 8.65. The Morgan fingerprint density at radius 1 is 1.12 bits per heavy atom. The minimum absolute atomic E-state index is 0. The van der Waals surface area contributed by atoms with Crippen molar-refractivity contribution in [2.75, 3.05) is 27.2 Å². The minimum atomic E-state index is 0. The number of carbonyl (C=O) groups excluding carboxylic acids is 1. The molecule has 1 aliphatic rings. The summed E-state index contributed by atoms with van der Waals surface area (Å²) in [6, 6.07) is 13.9. The number of carbonyl (C=O) groups is 1. The molecular weight excluding hydrogens is 342 g/mol. The first-order chi connectivity index (χ1) is 11.1. The fraction of sp³-hybridized carbons (Fsp3) is 0.316. The average molecular weight is 363 g/mol. The van der Waals surface area contributed by atoms with E-state index in [0.717, 1.165) is 39.6 Å². The van der Waals surface area contributed by atoms with Gasteiger partial charge in [0.15, 0.2) is 5.78 Å². The molecule has 2 aromatic rings. The molecule has 2 aromatic carbocycles. The maximum atomic E-state index is 12.5. The van der Waals surface area contributed by atoms with Gasteiger partial charge in [-0.1, -0.05) is 30.0 Å². The zero-order chi connectivity index (χ0) is 16.2. The van der Waals surface area contributed by atoms with Gasteiger partial charge in [-0.3, -0.25) is 4.79 Å². The maximum absolute atomic E-state index is 12.5. The summed E-state index contributed by atoms with van der Waals surface area (Å²) in [5.41, 5.74) is 1.90. The second-order valence-electron chi connectivity index (χ2n) is 5.97. The predicted octanol–water partition coefficient (Wildman–Crippen LogP) is 0.911. The van der Waals surface area contributed by atoms with Gasteiger partial charge in [0.2, 0.25) is 0 Å². The highest BCUT2D eigenvalue weighted by Crippen LogP contribution is 2.38. The van der Waals surface area contributed by atoms with Crippen LogP contribution in [0.2, 0.25) is 0 Å². The van der Waals surface area contributed by atoms with E-state index in [1.807, 2.05) is 36.4 Å². The molecule has 128 valence electrons. The van der Waals surface area contributed by atoms with Gasteiger partial charge in [-0.05, 0) is 50.3 Å². The van der Waals surface area contributed by atoms with Gasteiger partial charge >= 0.3 is 0 Å². The molecule has 24 heavy (non-hydrogen) atoms. The molecule has 0 radical (unpaired) electrons. The average Bonchev–Trinajstić information content (AvgIpc) is 2.67. The molecule has 0 saturated heterocycles. The second kappa shape index (κ2) is 8.56. The van der Waals surface area contributed by atoms with Crippen molar-refractivity contribution in [1.29, 1.82) is 0 Å². The van der Waals surface area contributed by atoms with Gasteiger partial charge in [-0.25, -0.2) is 0 Å². The van der Waals surface area contributed by atoms with Crippen molar-refractivity contribution < 1.29 is 21.9 Å². The van der Waals surface area contributed by atoms with E-state index in [1.165, 1.54) is 0 Å². The Bertz CT molecular complexity index is 718. The topological polar surface area (TPSA) is 29.5 Å². The predicted molar refractivity (Wildman–Crippen MR) is 93.7 cm³/mol. The van der Waals surface area contributed by atoms with Crippen LogP contribution in [0.3, 0.4) is 0 Å². The molecule has 0 amide bonds. The Balaban J connectivity index is 0.00000208. The Hall–Kier alpha value is -1.49. The van der Waals surface area contributed by atoms with Crippen molar-refractivity contribution in [1.82, 2.24) is 4.90 Å². The highest BCUT2D eigenvalue weighted by atomic mass is 35.5. The lowest BCUT2D eigenvalue weighted by molar-refractivity contribution is -0.0000132. The Labute approximate surface area is 153 Å². The van der Waals surface area contributed by atoms with Gasteiger partial charge in [-0.2, -0.15) is 0 Å². The molecule has 0 aromatic heterocycles. The van der Waals surface area contributed by atoms with Crippen LogP contribution < -0.4 is 17.1 Å². The number of ketones is 1. The van der Waals surface area contributed by atoms with Gasteiger partial charge in [-0.15, -0.1) is 0 Å². The van der Waals surface area contributed by atoms with Crippen molar-refractivity contribution in [2.45, 2.75) is 22.6 Å². The van der Waals surface area contributed by atoms with Gasteiger partial charge in [0, 0.05) is 28.3 Å². The van der Waals surface area contributed by atoms with E-state index < -0.39 is 0 Å². The summed E-state index contributed by atoms with van der Waals surface area (Å²) in [6.45, 7) is 1.69. The number of halogens is 1. The fourth-order valence-electron chi connectivity index (χ4n) is 2.61. The van der Waals surface area contributed by atoms with E-state index in [1.54, 1.807) is 11.8 Å². The summed E-state index contributed by atoms with van der Waals surface area (Å²) in [7, 11) is 4.12. The van der Waals surface area contributed by atoms with Gasteiger partial charge in [0.1, 0.15) is 5.75 Å². The molecule has 0 N–H and O–H groups in total. The van der Waals surface area contributed by atoms with Crippen LogP contribution in [0.5, 0.6) is 5.75 Å². The van der Waals surface area contributed by atoms with Gasteiger partial charge < -0.3 is 22.0 Å². The highest BCUT2D eigenvalue weighted by molar-refractivity contribution is 7.99. The summed E-state index contributed by atoms with van der Waals surface area (Å²) in [5, 5.41) is 0. The van der Waals surface area contributed by atoms with E-state index in [0.29, 0.717) is 13.0 Å². The summed E-state index contributed by atoms with van der Waals surface area (Å²) in [5.74, 6) is 1.01. The molecule has 3 nitrogen and oxygen atoms in total. The highest BCUT2D eigenvalue weighted by Gasteiger charge is 2.20. The monoisotopic (exact) mass is 362 g/mol. The first-order valence-electron chi connectivity index (χ1n) is 7.84. The van der Waals surface area contributed by atoms with Gasteiger partial charge in [0.25, 0.3) is 0 Å². The molecule has 0 spiro atoms. The smallest absolute Gasteiger partial charge is 0.168 e. The maximum Gasteiger partial charge on any atom is 0.168 e. The van der Waals surface area contributed by atoms with E-state index in [9.17, 15) is 4.79 Å². The van der Waals surface area contributed by atoms with Gasteiger partial charge in [0.05, 0.1) is 6.61 Å². The van der Waals surface area contributed by atoms with Crippen LogP contribution in [0.25, 0.3) is 0 Å². The summed E-state index contributed by atoms with van der Waals surface area (Å²) in [6.07, 6.45) is 1.46. The molecule has 5 heteroatoms. The number of rotatable bonds is 5.